The van der Waals surface area contributed by atoms with Crippen molar-refractivity contribution in [2.24, 2.45) is 0 Å². The molecule has 0 bridgehead atoms. The Labute approximate surface area is 176 Å². The van der Waals surface area contributed by atoms with Gasteiger partial charge in [-0.15, -0.1) is 0 Å². The van der Waals surface area contributed by atoms with E-state index < -0.39 is 0 Å². The van der Waals surface area contributed by atoms with Crippen molar-refractivity contribution in [2.45, 2.75) is 25.3 Å². The summed E-state index contributed by atoms with van der Waals surface area (Å²) in [4.78, 5) is 29.5. The van der Waals surface area contributed by atoms with Gasteiger partial charge < -0.3 is 19.3 Å². The lowest BCUT2D eigenvalue weighted by molar-refractivity contribution is -0.132. The average molecular weight is 412 g/mol. The summed E-state index contributed by atoms with van der Waals surface area (Å²) in [6, 6.07) is 9.10. The number of benzene rings is 1. The molecule has 0 unspecified atom stereocenters. The molecule has 2 aliphatic heterocycles. The fraction of sp³-hybridized carbons (Fsp3) is 0.500. The van der Waals surface area contributed by atoms with Crippen LogP contribution >= 0.6 is 0 Å². The Hall–Kier alpha value is -2.87. The summed E-state index contributed by atoms with van der Waals surface area (Å²) < 4.78 is 12.1. The summed E-state index contributed by atoms with van der Waals surface area (Å²) in [6.45, 7) is 4.09. The predicted octanol–water partition coefficient (Wildman–Crippen LogP) is 1.49. The van der Waals surface area contributed by atoms with Gasteiger partial charge in [-0.05, 0) is 30.5 Å². The Bertz CT molecular complexity index is 921. The van der Waals surface area contributed by atoms with Crippen molar-refractivity contribution in [1.82, 2.24) is 14.7 Å². The minimum atomic E-state index is -0.117. The van der Waals surface area contributed by atoms with Crippen LogP contribution in [0.15, 0.2) is 41.3 Å². The summed E-state index contributed by atoms with van der Waals surface area (Å²) >= 11 is 0. The molecule has 1 atom stereocenters. The molecule has 0 radical (unpaired) electrons. The molecule has 2 fully saturated rings. The van der Waals surface area contributed by atoms with Crippen LogP contribution in [-0.4, -0.2) is 67.1 Å². The molecule has 2 aliphatic rings. The number of amides is 1. The molecule has 0 spiro atoms. The van der Waals surface area contributed by atoms with Gasteiger partial charge in [0.05, 0.1) is 44.7 Å². The van der Waals surface area contributed by atoms with E-state index in [1.54, 1.807) is 19.4 Å². The van der Waals surface area contributed by atoms with E-state index in [9.17, 15) is 9.59 Å². The summed E-state index contributed by atoms with van der Waals surface area (Å²) in [5.41, 5.74) is 1.67. The highest BCUT2D eigenvalue weighted by Crippen LogP contribution is 2.21. The number of anilines is 1. The van der Waals surface area contributed by atoms with E-state index in [0.29, 0.717) is 32.7 Å². The van der Waals surface area contributed by atoms with Gasteiger partial charge >= 0.3 is 0 Å². The molecule has 0 aliphatic carbocycles. The smallest absolute Gasteiger partial charge is 0.269 e. The maximum absolute atomic E-state index is 12.8. The molecular weight excluding hydrogens is 384 g/mol. The molecular formula is C22H28N4O4. The van der Waals surface area contributed by atoms with Crippen LogP contribution in [0.5, 0.6) is 5.75 Å². The topological polar surface area (TPSA) is 76.9 Å². The van der Waals surface area contributed by atoms with Crippen LogP contribution in [-0.2, 0) is 16.0 Å². The molecule has 2 aromatic rings. The van der Waals surface area contributed by atoms with Gasteiger partial charge in [0.15, 0.2) is 0 Å². The number of likely N-dealkylation sites (tertiary alicyclic amines) is 1. The van der Waals surface area contributed by atoms with Crippen molar-refractivity contribution < 1.29 is 14.3 Å². The normalized spacial score (nSPS) is 19.6. The summed E-state index contributed by atoms with van der Waals surface area (Å²) in [5.74, 6) is 0.845. The number of hydrogen-bond donors (Lipinski definition) is 0. The number of carbonyl (C=O) groups excluding carboxylic acids is 1. The van der Waals surface area contributed by atoms with E-state index in [2.05, 4.69) is 10.00 Å². The molecule has 3 heterocycles. The number of methoxy groups -OCH3 is 1. The molecule has 4 rings (SSSR count). The van der Waals surface area contributed by atoms with Gasteiger partial charge in [-0.3, -0.25) is 9.59 Å². The number of morpholine rings is 1. The molecule has 8 nitrogen and oxygen atoms in total. The lowest BCUT2D eigenvalue weighted by atomic mass is 10.0. The van der Waals surface area contributed by atoms with E-state index in [-0.39, 0.29) is 17.5 Å². The highest BCUT2D eigenvalue weighted by atomic mass is 16.5. The summed E-state index contributed by atoms with van der Waals surface area (Å²) in [5, 5.41) is 4.44. The first-order valence-electron chi connectivity index (χ1n) is 10.5. The van der Waals surface area contributed by atoms with Crippen LogP contribution in [0.2, 0.25) is 0 Å². The molecule has 30 heavy (non-hydrogen) atoms. The number of rotatable bonds is 5. The van der Waals surface area contributed by atoms with Crippen molar-refractivity contribution in [3.8, 4) is 5.75 Å². The average Bonchev–Trinajstić information content (AvgIpc) is 2.80. The van der Waals surface area contributed by atoms with Crippen LogP contribution in [0.4, 0.5) is 5.69 Å². The summed E-state index contributed by atoms with van der Waals surface area (Å²) in [6.07, 6.45) is 3.80. The zero-order chi connectivity index (χ0) is 20.9. The van der Waals surface area contributed by atoms with E-state index in [4.69, 9.17) is 9.47 Å². The third kappa shape index (κ3) is 4.64. The number of nitrogens with zero attached hydrogens (tertiary/aromatic N) is 4. The molecule has 0 saturated carbocycles. The second kappa shape index (κ2) is 9.30. The highest BCUT2D eigenvalue weighted by molar-refractivity contribution is 5.79. The van der Waals surface area contributed by atoms with Crippen molar-refractivity contribution in [3.63, 3.8) is 0 Å². The number of carbonyl (C=O) groups is 1. The lowest BCUT2D eigenvalue weighted by Gasteiger charge is -2.33. The van der Waals surface area contributed by atoms with Crippen molar-refractivity contribution in [1.29, 1.82) is 0 Å². The maximum atomic E-state index is 12.8. The largest absolute Gasteiger partial charge is 0.497 e. The second-order valence-corrected chi connectivity index (χ2v) is 7.76. The molecule has 0 N–H and O–H groups in total. The lowest BCUT2D eigenvalue weighted by Crippen LogP contribution is -2.44. The zero-order valence-electron chi connectivity index (χ0n) is 17.3. The molecule has 1 aromatic heterocycles. The van der Waals surface area contributed by atoms with Crippen LogP contribution in [0.1, 0.15) is 24.4 Å². The molecule has 1 amide bonds. The Morgan fingerprint density at radius 2 is 1.97 bits per heavy atom. The van der Waals surface area contributed by atoms with Gasteiger partial charge in [-0.1, -0.05) is 12.1 Å². The van der Waals surface area contributed by atoms with Gasteiger partial charge in [-0.25, -0.2) is 4.68 Å². The number of hydrogen-bond acceptors (Lipinski definition) is 6. The zero-order valence-corrected chi connectivity index (χ0v) is 17.3. The number of piperidine rings is 1. The van der Waals surface area contributed by atoms with Crippen molar-refractivity contribution in [2.75, 3.05) is 51.4 Å². The van der Waals surface area contributed by atoms with Gasteiger partial charge in [-0.2, -0.15) is 5.10 Å². The van der Waals surface area contributed by atoms with Crippen LogP contribution in [0.3, 0.4) is 0 Å². The molecule has 2 saturated heterocycles. The standard InChI is InChI=1S/C22H28N4O4/c1-29-20-6-4-17(5-7-20)13-21(27)25-8-2-3-18(16-25)26-22(28)14-19(15-23-26)24-9-11-30-12-10-24/h4-7,14-15,18H,2-3,8-13,16H2,1H3/t18-/m1/s1. The van der Waals surface area contributed by atoms with Gasteiger partial charge in [0.2, 0.25) is 5.91 Å². The fourth-order valence-corrected chi connectivity index (χ4v) is 4.09. The Kier molecular flexibility index (Phi) is 6.32. The van der Waals surface area contributed by atoms with Gasteiger partial charge in [0.25, 0.3) is 5.56 Å². The second-order valence-electron chi connectivity index (χ2n) is 7.76. The van der Waals surface area contributed by atoms with E-state index in [0.717, 1.165) is 42.9 Å². The first-order valence-corrected chi connectivity index (χ1v) is 10.5. The monoisotopic (exact) mass is 412 g/mol. The SMILES string of the molecule is COc1ccc(CC(=O)N2CCC[C@@H](n3ncc(N4CCOCC4)cc3=O)C2)cc1. The Morgan fingerprint density at radius 1 is 1.20 bits per heavy atom. The predicted molar refractivity (Wildman–Crippen MR) is 113 cm³/mol. The highest BCUT2D eigenvalue weighted by Gasteiger charge is 2.26. The van der Waals surface area contributed by atoms with E-state index in [1.807, 2.05) is 29.2 Å². The molecule has 1 aromatic carbocycles. The summed E-state index contributed by atoms with van der Waals surface area (Å²) in [7, 11) is 1.62. The number of aromatic nitrogens is 2. The van der Waals surface area contributed by atoms with Gasteiger partial charge in [0.1, 0.15) is 5.75 Å². The molecule has 8 heteroatoms. The van der Waals surface area contributed by atoms with E-state index in [1.165, 1.54) is 4.68 Å². The minimum Gasteiger partial charge on any atom is -0.497 e. The van der Waals surface area contributed by atoms with Crippen LogP contribution < -0.4 is 15.2 Å². The molecule has 160 valence electrons. The number of ether oxygens (including phenoxy) is 2. The first kappa shape index (κ1) is 20.4. The van der Waals surface area contributed by atoms with Crippen molar-refractivity contribution in [3.05, 3.63) is 52.4 Å². The van der Waals surface area contributed by atoms with Crippen molar-refractivity contribution >= 4 is 11.6 Å². The van der Waals surface area contributed by atoms with Gasteiger partial charge in [0, 0.05) is 32.2 Å². The fourth-order valence-electron chi connectivity index (χ4n) is 4.09. The Morgan fingerprint density at radius 3 is 2.67 bits per heavy atom. The van der Waals surface area contributed by atoms with Crippen LogP contribution in [0.25, 0.3) is 0 Å². The van der Waals surface area contributed by atoms with E-state index >= 15 is 0 Å². The van der Waals surface area contributed by atoms with Crippen LogP contribution in [0, 0.1) is 0 Å². The maximum Gasteiger partial charge on any atom is 0.269 e. The Balaban J connectivity index is 1.41. The minimum absolute atomic E-state index is 0.0721. The quantitative estimate of drug-likeness (QED) is 0.741. The first-order chi connectivity index (χ1) is 14.6. The third-order valence-corrected chi connectivity index (χ3v) is 5.80. The third-order valence-electron chi connectivity index (χ3n) is 5.80.